The summed E-state index contributed by atoms with van der Waals surface area (Å²) in [6, 6.07) is 6.28. The molecule has 0 aliphatic carbocycles. The third-order valence-electron chi connectivity index (χ3n) is 4.27. The number of nitrogens with zero attached hydrogens (tertiary/aromatic N) is 5. The van der Waals surface area contributed by atoms with Crippen LogP contribution < -0.4 is 10.7 Å². The average Bonchev–Trinajstić information content (AvgIpc) is 2.81. The second-order valence-electron chi connectivity index (χ2n) is 5.52. The minimum absolute atomic E-state index is 0.874. The van der Waals surface area contributed by atoms with Gasteiger partial charge in [0.1, 0.15) is 11.5 Å². The predicted octanol–water partition coefficient (Wildman–Crippen LogP) is 1.12. The number of pyridine rings is 2. The van der Waals surface area contributed by atoms with Gasteiger partial charge in [-0.2, -0.15) is 0 Å². The van der Waals surface area contributed by atoms with Crippen LogP contribution in [0.5, 0.6) is 0 Å². The molecule has 21 heavy (non-hydrogen) atoms. The molecule has 0 amide bonds. The van der Waals surface area contributed by atoms with Crippen LogP contribution >= 0.6 is 0 Å². The summed E-state index contributed by atoms with van der Waals surface area (Å²) in [6.07, 6.45) is 3.73. The molecule has 4 heterocycles. The van der Waals surface area contributed by atoms with Crippen molar-refractivity contribution in [3.05, 3.63) is 30.6 Å². The molecule has 1 aliphatic rings. The Morgan fingerprint density at radius 1 is 1.05 bits per heavy atom. The first kappa shape index (κ1) is 12.6. The summed E-state index contributed by atoms with van der Waals surface area (Å²) >= 11 is 0. The maximum Gasteiger partial charge on any atom is 0.143 e. The lowest BCUT2D eigenvalue weighted by atomic mass is 10.2. The van der Waals surface area contributed by atoms with E-state index in [-0.39, 0.29) is 0 Å². The molecule has 0 bridgehead atoms. The molecule has 3 aromatic rings. The first-order chi connectivity index (χ1) is 10.2. The molecule has 0 atom stereocenters. The fraction of sp³-hybridized carbons (Fsp3) is 0.333. The number of aromatic nitrogens is 3. The Morgan fingerprint density at radius 3 is 2.67 bits per heavy atom. The number of fused-ring (bicyclic) bond motifs is 3. The number of piperazine rings is 1. The molecule has 1 aliphatic heterocycles. The second kappa shape index (κ2) is 4.68. The van der Waals surface area contributed by atoms with Gasteiger partial charge in [-0.15, -0.1) is 0 Å². The molecule has 0 radical (unpaired) electrons. The van der Waals surface area contributed by atoms with Crippen LogP contribution in [0.15, 0.2) is 30.6 Å². The summed E-state index contributed by atoms with van der Waals surface area (Å²) in [5, 5.41) is 4.17. The number of aryl methyl sites for hydroxylation is 1. The maximum atomic E-state index is 5.82. The highest BCUT2D eigenvalue weighted by atomic mass is 15.4. The van der Waals surface area contributed by atoms with Crippen LogP contribution in [0.25, 0.3) is 21.9 Å². The standard InChI is InChI=1S/C15H18N6/c1-19-13-4-5-17-10-12(13)11-2-3-14(18-15(11)19)20-6-8-21(16)9-7-20/h2-5,10H,6-9,16H2,1H3. The first-order valence-corrected chi connectivity index (χ1v) is 7.18. The molecule has 4 rings (SSSR count). The molecule has 3 aromatic heterocycles. The summed E-state index contributed by atoms with van der Waals surface area (Å²) in [5.74, 6) is 6.84. The van der Waals surface area contributed by atoms with Gasteiger partial charge in [0, 0.05) is 56.4 Å². The number of hydrogen-bond donors (Lipinski definition) is 1. The van der Waals surface area contributed by atoms with E-state index in [1.54, 1.807) is 0 Å². The monoisotopic (exact) mass is 282 g/mol. The highest BCUT2D eigenvalue weighted by Crippen LogP contribution is 2.28. The lowest BCUT2D eigenvalue weighted by Crippen LogP contribution is -2.49. The Hall–Kier alpha value is -2.18. The van der Waals surface area contributed by atoms with Crippen molar-refractivity contribution < 1.29 is 0 Å². The Morgan fingerprint density at radius 2 is 1.86 bits per heavy atom. The van der Waals surface area contributed by atoms with E-state index >= 15 is 0 Å². The van der Waals surface area contributed by atoms with Gasteiger partial charge < -0.3 is 9.47 Å². The van der Waals surface area contributed by atoms with Crippen molar-refractivity contribution in [3.8, 4) is 0 Å². The smallest absolute Gasteiger partial charge is 0.143 e. The van der Waals surface area contributed by atoms with E-state index in [4.69, 9.17) is 10.8 Å². The van der Waals surface area contributed by atoms with Gasteiger partial charge in [-0.25, -0.2) is 9.99 Å². The summed E-state index contributed by atoms with van der Waals surface area (Å²) in [7, 11) is 2.05. The van der Waals surface area contributed by atoms with Gasteiger partial charge in [0.25, 0.3) is 0 Å². The zero-order valence-electron chi connectivity index (χ0n) is 12.0. The van der Waals surface area contributed by atoms with Gasteiger partial charge in [-0.05, 0) is 18.2 Å². The number of nitrogens with two attached hydrogens (primary N) is 1. The van der Waals surface area contributed by atoms with Crippen molar-refractivity contribution >= 4 is 27.8 Å². The van der Waals surface area contributed by atoms with Crippen LogP contribution in [-0.4, -0.2) is 45.7 Å². The molecule has 2 N–H and O–H groups in total. The Balaban J connectivity index is 1.83. The lowest BCUT2D eigenvalue weighted by Gasteiger charge is -2.32. The minimum atomic E-state index is 0.874. The third kappa shape index (κ3) is 1.95. The van der Waals surface area contributed by atoms with Crippen LogP contribution in [0.4, 0.5) is 5.82 Å². The summed E-state index contributed by atoms with van der Waals surface area (Å²) in [6.45, 7) is 3.58. The van der Waals surface area contributed by atoms with Gasteiger partial charge in [-0.3, -0.25) is 10.8 Å². The SMILES string of the molecule is Cn1c2ccncc2c2ccc(N3CCN(N)CC3)nc21. The van der Waals surface area contributed by atoms with Crippen molar-refractivity contribution in [2.75, 3.05) is 31.1 Å². The number of hydrazine groups is 1. The van der Waals surface area contributed by atoms with Gasteiger partial charge >= 0.3 is 0 Å². The molecule has 0 saturated carbocycles. The highest BCUT2D eigenvalue weighted by molar-refractivity contribution is 6.06. The van der Waals surface area contributed by atoms with Crippen molar-refractivity contribution in [1.82, 2.24) is 19.5 Å². The Kier molecular flexibility index (Phi) is 2.80. The zero-order chi connectivity index (χ0) is 14.4. The summed E-state index contributed by atoms with van der Waals surface area (Å²) in [5.41, 5.74) is 2.17. The van der Waals surface area contributed by atoms with Crippen LogP contribution in [0.1, 0.15) is 0 Å². The average molecular weight is 282 g/mol. The first-order valence-electron chi connectivity index (χ1n) is 7.18. The number of hydrogen-bond acceptors (Lipinski definition) is 5. The van der Waals surface area contributed by atoms with E-state index in [0.29, 0.717) is 0 Å². The van der Waals surface area contributed by atoms with E-state index in [9.17, 15) is 0 Å². The molecule has 0 unspecified atom stereocenters. The van der Waals surface area contributed by atoms with Crippen molar-refractivity contribution in [2.24, 2.45) is 12.9 Å². The molecule has 6 heteroatoms. The molecule has 6 nitrogen and oxygen atoms in total. The Bertz CT molecular complexity index is 800. The van der Waals surface area contributed by atoms with Gasteiger partial charge in [0.2, 0.25) is 0 Å². The summed E-state index contributed by atoms with van der Waals surface area (Å²) in [4.78, 5) is 11.4. The van der Waals surface area contributed by atoms with Crippen LogP contribution in [0, 0.1) is 0 Å². The van der Waals surface area contributed by atoms with Gasteiger partial charge in [0.05, 0.1) is 5.52 Å². The fourth-order valence-corrected chi connectivity index (χ4v) is 3.03. The molecular weight excluding hydrogens is 264 g/mol. The van der Waals surface area contributed by atoms with Crippen molar-refractivity contribution in [2.45, 2.75) is 0 Å². The molecule has 0 aromatic carbocycles. The molecule has 1 saturated heterocycles. The van der Waals surface area contributed by atoms with E-state index in [1.165, 1.54) is 0 Å². The fourth-order valence-electron chi connectivity index (χ4n) is 3.03. The van der Waals surface area contributed by atoms with E-state index < -0.39 is 0 Å². The van der Waals surface area contributed by atoms with Crippen LogP contribution in [0.3, 0.4) is 0 Å². The maximum absolute atomic E-state index is 5.82. The summed E-state index contributed by atoms with van der Waals surface area (Å²) < 4.78 is 2.13. The molecule has 1 fully saturated rings. The predicted molar refractivity (Wildman–Crippen MR) is 84.0 cm³/mol. The lowest BCUT2D eigenvalue weighted by molar-refractivity contribution is 0.265. The van der Waals surface area contributed by atoms with E-state index in [2.05, 4.69) is 33.6 Å². The zero-order valence-corrected chi connectivity index (χ0v) is 12.0. The van der Waals surface area contributed by atoms with Crippen LogP contribution in [-0.2, 0) is 7.05 Å². The normalized spacial score (nSPS) is 17.0. The van der Waals surface area contributed by atoms with E-state index in [0.717, 1.165) is 53.9 Å². The highest BCUT2D eigenvalue weighted by Gasteiger charge is 2.17. The largest absolute Gasteiger partial charge is 0.354 e. The molecule has 0 spiro atoms. The topological polar surface area (TPSA) is 63.2 Å². The number of anilines is 1. The van der Waals surface area contributed by atoms with Crippen molar-refractivity contribution in [3.63, 3.8) is 0 Å². The molecule has 108 valence electrons. The van der Waals surface area contributed by atoms with Gasteiger partial charge in [0.15, 0.2) is 0 Å². The quantitative estimate of drug-likeness (QED) is 0.678. The third-order valence-corrected chi connectivity index (χ3v) is 4.27. The Labute approximate surface area is 122 Å². The van der Waals surface area contributed by atoms with Crippen molar-refractivity contribution in [1.29, 1.82) is 0 Å². The minimum Gasteiger partial charge on any atom is -0.354 e. The number of rotatable bonds is 1. The van der Waals surface area contributed by atoms with E-state index in [1.807, 2.05) is 23.5 Å². The van der Waals surface area contributed by atoms with Crippen LogP contribution in [0.2, 0.25) is 0 Å². The van der Waals surface area contributed by atoms with Gasteiger partial charge in [-0.1, -0.05) is 0 Å². The second-order valence-corrected chi connectivity index (χ2v) is 5.52. The molecular formula is C15H18N6.